The standard InChI is InChI=1S/C23H25NO3S3/c1-26-12-5-11-24(17-19-6-2-13-28-19)16-18-9-10-20(27-18)23(25,21-7-3-14-29-21)22-8-4-15-30-22/h2-4,6-10,13-15,25H,5,11-12,16-17H2,1H3. The summed E-state index contributed by atoms with van der Waals surface area (Å²) in [5.74, 6) is 1.42. The van der Waals surface area contributed by atoms with Crippen LogP contribution in [0.4, 0.5) is 0 Å². The molecule has 0 saturated heterocycles. The normalized spacial score (nSPS) is 12.1. The second kappa shape index (κ2) is 10.0. The molecule has 4 nitrogen and oxygen atoms in total. The van der Waals surface area contributed by atoms with Crippen LogP contribution in [-0.4, -0.2) is 30.3 Å². The predicted molar refractivity (Wildman–Crippen MR) is 124 cm³/mol. The highest BCUT2D eigenvalue weighted by Gasteiger charge is 2.39. The Kier molecular flexibility index (Phi) is 7.20. The van der Waals surface area contributed by atoms with Crippen LogP contribution in [0.15, 0.2) is 69.1 Å². The van der Waals surface area contributed by atoms with Crippen molar-refractivity contribution < 1.29 is 14.3 Å². The van der Waals surface area contributed by atoms with Gasteiger partial charge in [0.2, 0.25) is 0 Å². The first-order valence-corrected chi connectivity index (χ1v) is 12.5. The van der Waals surface area contributed by atoms with E-state index < -0.39 is 5.60 Å². The van der Waals surface area contributed by atoms with E-state index in [0.29, 0.717) is 12.3 Å². The molecular weight excluding hydrogens is 434 g/mol. The van der Waals surface area contributed by atoms with Crippen molar-refractivity contribution in [3.63, 3.8) is 0 Å². The Balaban J connectivity index is 1.56. The lowest BCUT2D eigenvalue weighted by atomic mass is 9.97. The number of ether oxygens (including phenoxy) is 1. The Hall–Kier alpha value is -1.74. The van der Waals surface area contributed by atoms with Crippen LogP contribution < -0.4 is 0 Å². The third-order valence-electron chi connectivity index (χ3n) is 4.94. The molecule has 7 heteroatoms. The summed E-state index contributed by atoms with van der Waals surface area (Å²) in [4.78, 5) is 5.42. The Labute approximate surface area is 189 Å². The molecule has 158 valence electrons. The second-order valence-electron chi connectivity index (χ2n) is 7.07. The molecule has 0 unspecified atom stereocenters. The van der Waals surface area contributed by atoms with Gasteiger partial charge in [0.25, 0.3) is 0 Å². The molecule has 0 spiro atoms. The summed E-state index contributed by atoms with van der Waals surface area (Å²) in [6, 6.07) is 16.0. The van der Waals surface area contributed by atoms with Crippen molar-refractivity contribution in [2.24, 2.45) is 0 Å². The zero-order valence-electron chi connectivity index (χ0n) is 16.8. The van der Waals surface area contributed by atoms with Gasteiger partial charge in [-0.3, -0.25) is 4.90 Å². The lowest BCUT2D eigenvalue weighted by molar-refractivity contribution is 0.102. The average molecular weight is 460 g/mol. The van der Waals surface area contributed by atoms with Gasteiger partial charge in [0.1, 0.15) is 11.5 Å². The zero-order chi connectivity index (χ0) is 20.8. The monoisotopic (exact) mass is 459 g/mol. The van der Waals surface area contributed by atoms with Crippen LogP contribution in [0.1, 0.15) is 32.6 Å². The van der Waals surface area contributed by atoms with Crippen LogP contribution in [0.5, 0.6) is 0 Å². The number of furan rings is 1. The summed E-state index contributed by atoms with van der Waals surface area (Å²) in [5, 5.41) is 17.8. The molecule has 0 amide bonds. The number of nitrogens with zero attached hydrogens (tertiary/aromatic N) is 1. The molecule has 0 radical (unpaired) electrons. The first-order chi connectivity index (χ1) is 14.7. The quantitative estimate of drug-likeness (QED) is 0.289. The van der Waals surface area contributed by atoms with E-state index in [2.05, 4.69) is 22.4 Å². The van der Waals surface area contributed by atoms with E-state index in [4.69, 9.17) is 9.15 Å². The van der Waals surface area contributed by atoms with Gasteiger partial charge in [-0.15, -0.1) is 34.0 Å². The highest BCUT2D eigenvalue weighted by Crippen LogP contribution is 2.41. The maximum Gasteiger partial charge on any atom is 0.191 e. The molecule has 0 aliphatic carbocycles. The van der Waals surface area contributed by atoms with E-state index in [1.54, 1.807) is 18.4 Å². The number of hydrogen-bond acceptors (Lipinski definition) is 7. The Morgan fingerprint density at radius 3 is 2.23 bits per heavy atom. The second-order valence-corrected chi connectivity index (χ2v) is 9.99. The number of thiophene rings is 3. The summed E-state index contributed by atoms with van der Waals surface area (Å²) >= 11 is 4.84. The summed E-state index contributed by atoms with van der Waals surface area (Å²) < 4.78 is 11.5. The molecule has 0 atom stereocenters. The molecule has 0 saturated carbocycles. The highest BCUT2D eigenvalue weighted by atomic mass is 32.1. The smallest absolute Gasteiger partial charge is 0.191 e. The molecule has 1 N–H and O–H groups in total. The predicted octanol–water partition coefficient (Wildman–Crippen LogP) is 5.79. The summed E-state index contributed by atoms with van der Waals surface area (Å²) in [5.41, 5.74) is -1.25. The van der Waals surface area contributed by atoms with Gasteiger partial charge in [-0.05, 0) is 52.9 Å². The summed E-state index contributed by atoms with van der Waals surface area (Å²) in [6.07, 6.45) is 0.962. The molecule has 4 aromatic rings. The summed E-state index contributed by atoms with van der Waals surface area (Å²) in [6.45, 7) is 3.22. The van der Waals surface area contributed by atoms with Gasteiger partial charge in [0.05, 0.1) is 6.54 Å². The molecular formula is C23H25NO3S3. The molecule has 4 aromatic heterocycles. The van der Waals surface area contributed by atoms with Gasteiger partial charge in [-0.1, -0.05) is 18.2 Å². The molecule has 4 rings (SSSR count). The first kappa shape index (κ1) is 21.5. The molecule has 0 aliphatic rings. The van der Waals surface area contributed by atoms with Crippen LogP contribution in [0.3, 0.4) is 0 Å². The van der Waals surface area contributed by atoms with Crippen molar-refractivity contribution in [2.45, 2.75) is 25.1 Å². The van der Waals surface area contributed by atoms with Crippen LogP contribution in [0.2, 0.25) is 0 Å². The fraction of sp³-hybridized carbons (Fsp3) is 0.304. The van der Waals surface area contributed by atoms with Crippen LogP contribution in [-0.2, 0) is 23.4 Å². The highest BCUT2D eigenvalue weighted by molar-refractivity contribution is 7.11. The van der Waals surface area contributed by atoms with Gasteiger partial charge in [0, 0.05) is 41.4 Å². The van der Waals surface area contributed by atoms with E-state index in [-0.39, 0.29) is 0 Å². The Bertz CT molecular complexity index is 957. The van der Waals surface area contributed by atoms with Crippen molar-refractivity contribution in [1.29, 1.82) is 0 Å². The third-order valence-corrected chi connectivity index (χ3v) is 7.75. The third kappa shape index (κ3) is 4.77. The molecule has 30 heavy (non-hydrogen) atoms. The van der Waals surface area contributed by atoms with Gasteiger partial charge in [-0.2, -0.15) is 0 Å². The van der Waals surface area contributed by atoms with Crippen molar-refractivity contribution in [3.05, 3.63) is 90.8 Å². The van der Waals surface area contributed by atoms with E-state index in [0.717, 1.165) is 41.6 Å². The fourth-order valence-electron chi connectivity index (χ4n) is 3.48. The average Bonchev–Trinajstić information content (AvgIpc) is 3.56. The summed E-state index contributed by atoms with van der Waals surface area (Å²) in [7, 11) is 1.73. The van der Waals surface area contributed by atoms with Crippen molar-refractivity contribution in [2.75, 3.05) is 20.3 Å². The molecule has 0 aromatic carbocycles. The number of hydrogen-bond donors (Lipinski definition) is 1. The SMILES string of the molecule is COCCCN(Cc1ccc(C(O)(c2cccs2)c2cccs2)o1)Cc1cccs1. The van der Waals surface area contributed by atoms with Crippen molar-refractivity contribution in [1.82, 2.24) is 4.90 Å². The van der Waals surface area contributed by atoms with Gasteiger partial charge < -0.3 is 14.3 Å². The van der Waals surface area contributed by atoms with Crippen LogP contribution in [0, 0.1) is 0 Å². The van der Waals surface area contributed by atoms with Crippen LogP contribution >= 0.6 is 34.0 Å². The number of aliphatic hydroxyl groups is 1. The first-order valence-electron chi connectivity index (χ1n) is 9.83. The zero-order valence-corrected chi connectivity index (χ0v) is 19.3. The lowest BCUT2D eigenvalue weighted by Gasteiger charge is -2.24. The lowest BCUT2D eigenvalue weighted by Crippen LogP contribution is -2.26. The largest absolute Gasteiger partial charge is 0.461 e. The minimum absolute atomic E-state index is 0.565. The maximum absolute atomic E-state index is 11.7. The van der Waals surface area contributed by atoms with E-state index in [1.165, 1.54) is 27.6 Å². The topological polar surface area (TPSA) is 45.8 Å². The molecule has 0 fully saturated rings. The van der Waals surface area contributed by atoms with Gasteiger partial charge >= 0.3 is 0 Å². The van der Waals surface area contributed by atoms with E-state index in [9.17, 15) is 5.11 Å². The van der Waals surface area contributed by atoms with Gasteiger partial charge in [0.15, 0.2) is 5.60 Å². The van der Waals surface area contributed by atoms with Crippen molar-refractivity contribution in [3.8, 4) is 0 Å². The van der Waals surface area contributed by atoms with E-state index >= 15 is 0 Å². The molecule has 4 heterocycles. The number of rotatable bonds is 11. The fourth-order valence-corrected chi connectivity index (χ4v) is 5.98. The minimum Gasteiger partial charge on any atom is -0.461 e. The van der Waals surface area contributed by atoms with Crippen molar-refractivity contribution >= 4 is 34.0 Å². The van der Waals surface area contributed by atoms with Crippen LogP contribution in [0.25, 0.3) is 0 Å². The Morgan fingerprint density at radius 2 is 1.63 bits per heavy atom. The molecule has 0 bridgehead atoms. The number of methoxy groups -OCH3 is 1. The maximum atomic E-state index is 11.7. The Morgan fingerprint density at radius 1 is 0.933 bits per heavy atom. The minimum atomic E-state index is -1.25. The molecule has 0 aliphatic heterocycles. The van der Waals surface area contributed by atoms with E-state index in [1.807, 2.05) is 47.2 Å². The van der Waals surface area contributed by atoms with Gasteiger partial charge in [-0.25, -0.2) is 0 Å².